The number of nitrogens with one attached hydrogen (secondary N) is 1. The van der Waals surface area contributed by atoms with Gasteiger partial charge in [0.1, 0.15) is 0 Å². The summed E-state index contributed by atoms with van der Waals surface area (Å²) in [4.78, 5) is 0. The van der Waals surface area contributed by atoms with E-state index in [-0.39, 0.29) is 5.60 Å². The topological polar surface area (TPSA) is 30.5 Å². The van der Waals surface area contributed by atoms with Gasteiger partial charge in [-0.1, -0.05) is 31.2 Å². The normalized spacial score (nSPS) is 30.7. The second-order valence-electron chi connectivity index (χ2n) is 6.41. The Morgan fingerprint density at radius 3 is 2.90 bits per heavy atom. The van der Waals surface area contributed by atoms with Crippen LogP contribution in [0, 0.1) is 5.92 Å². The summed E-state index contributed by atoms with van der Waals surface area (Å²) in [5.41, 5.74) is 2.91. The second-order valence-corrected chi connectivity index (χ2v) is 6.41. The Morgan fingerprint density at radius 2 is 2.19 bits per heavy atom. The maximum Gasteiger partial charge on any atom is 0.0940 e. The molecule has 2 saturated heterocycles. The third kappa shape index (κ3) is 3.01. The van der Waals surface area contributed by atoms with Crippen LogP contribution < -0.4 is 5.32 Å². The van der Waals surface area contributed by atoms with E-state index in [1.165, 1.54) is 11.1 Å². The lowest BCUT2D eigenvalue weighted by Gasteiger charge is -2.41. The molecule has 0 bridgehead atoms. The van der Waals surface area contributed by atoms with Gasteiger partial charge in [0, 0.05) is 25.7 Å². The van der Waals surface area contributed by atoms with Crippen LogP contribution in [0.5, 0.6) is 0 Å². The van der Waals surface area contributed by atoms with Crippen molar-refractivity contribution in [2.45, 2.75) is 44.2 Å². The highest BCUT2D eigenvalue weighted by atomic mass is 16.6. The van der Waals surface area contributed by atoms with Crippen molar-refractivity contribution in [2.24, 2.45) is 5.92 Å². The Morgan fingerprint density at radius 1 is 1.33 bits per heavy atom. The summed E-state index contributed by atoms with van der Waals surface area (Å²) < 4.78 is 11.7. The Bertz CT molecular complexity index is 468. The highest BCUT2D eigenvalue weighted by Crippen LogP contribution is 2.41. The lowest BCUT2D eigenvalue weighted by molar-refractivity contribution is -0.103. The molecule has 0 aromatic heterocycles. The first-order valence-corrected chi connectivity index (χ1v) is 8.25. The molecule has 3 nitrogen and oxygen atoms in total. The van der Waals surface area contributed by atoms with Crippen LogP contribution in [0.3, 0.4) is 0 Å². The van der Waals surface area contributed by atoms with E-state index in [1.807, 2.05) is 0 Å². The molecule has 1 spiro atoms. The molecule has 3 rings (SSSR count). The third-order valence-corrected chi connectivity index (χ3v) is 5.15. The van der Waals surface area contributed by atoms with Crippen molar-refractivity contribution in [1.29, 1.82) is 0 Å². The van der Waals surface area contributed by atoms with Crippen LogP contribution >= 0.6 is 0 Å². The average molecular weight is 289 g/mol. The number of hydrogen-bond donors (Lipinski definition) is 1. The van der Waals surface area contributed by atoms with E-state index in [2.05, 4.69) is 43.6 Å². The van der Waals surface area contributed by atoms with E-state index in [9.17, 15) is 0 Å². The van der Waals surface area contributed by atoms with Gasteiger partial charge in [0.05, 0.1) is 12.2 Å². The van der Waals surface area contributed by atoms with Gasteiger partial charge in [-0.3, -0.25) is 0 Å². The summed E-state index contributed by atoms with van der Waals surface area (Å²) >= 11 is 0. The van der Waals surface area contributed by atoms with E-state index in [1.54, 1.807) is 0 Å². The molecule has 1 aromatic rings. The van der Waals surface area contributed by atoms with Crippen LogP contribution in [0.25, 0.3) is 0 Å². The molecule has 3 unspecified atom stereocenters. The fraction of sp³-hybridized carbons (Fsp3) is 0.667. The fourth-order valence-electron chi connectivity index (χ4n) is 4.02. The smallest absolute Gasteiger partial charge is 0.0940 e. The lowest BCUT2D eigenvalue weighted by Crippen LogP contribution is -2.43. The molecule has 0 amide bonds. The Labute approximate surface area is 128 Å². The Balaban J connectivity index is 1.82. The van der Waals surface area contributed by atoms with Gasteiger partial charge in [-0.15, -0.1) is 0 Å². The van der Waals surface area contributed by atoms with Gasteiger partial charge in [-0.25, -0.2) is 0 Å². The minimum absolute atomic E-state index is 0.0147. The monoisotopic (exact) mass is 289 g/mol. The first-order valence-electron chi connectivity index (χ1n) is 8.25. The van der Waals surface area contributed by atoms with Gasteiger partial charge in [0.2, 0.25) is 0 Å². The minimum Gasteiger partial charge on any atom is -0.378 e. The molecule has 1 aromatic carbocycles. The molecular formula is C18H27NO2. The maximum atomic E-state index is 6.09. The molecule has 3 heteroatoms. The number of hydrogen-bond acceptors (Lipinski definition) is 3. The van der Waals surface area contributed by atoms with Crippen LogP contribution in [-0.4, -0.2) is 32.5 Å². The minimum atomic E-state index is -0.0147. The van der Waals surface area contributed by atoms with Crippen molar-refractivity contribution in [3.8, 4) is 0 Å². The van der Waals surface area contributed by atoms with E-state index in [4.69, 9.17) is 9.47 Å². The number of aryl methyl sites for hydroxylation is 1. The predicted molar refractivity (Wildman–Crippen MR) is 84.5 cm³/mol. The van der Waals surface area contributed by atoms with Gasteiger partial charge < -0.3 is 14.8 Å². The molecule has 0 aliphatic carbocycles. The summed E-state index contributed by atoms with van der Waals surface area (Å²) in [6.07, 6.45) is 4.38. The lowest BCUT2D eigenvalue weighted by atomic mass is 9.78. The highest BCUT2D eigenvalue weighted by molar-refractivity contribution is 5.30. The third-order valence-electron chi connectivity index (χ3n) is 5.15. The van der Waals surface area contributed by atoms with Crippen LogP contribution in [0.4, 0.5) is 0 Å². The molecule has 0 radical (unpaired) electrons. The first-order chi connectivity index (χ1) is 10.3. The first kappa shape index (κ1) is 15.0. The molecule has 2 fully saturated rings. The number of benzene rings is 1. The SMILES string of the molecule is CCc1ccccc1C(NC)C1CCOC2(CCOC2)C1. The molecule has 116 valence electrons. The zero-order chi connectivity index (χ0) is 14.7. The number of rotatable bonds is 4. The predicted octanol–water partition coefficient (Wildman–Crippen LogP) is 3.10. The Hall–Kier alpha value is -0.900. The standard InChI is InChI=1S/C18H27NO2/c1-3-14-6-4-5-7-16(14)17(19-2)15-8-10-21-18(12-15)9-11-20-13-18/h4-7,15,17,19H,3,8-13H2,1-2H3. The van der Waals surface area contributed by atoms with Gasteiger partial charge in [0.15, 0.2) is 0 Å². The molecule has 0 saturated carbocycles. The molecule has 1 N–H and O–H groups in total. The molecule has 21 heavy (non-hydrogen) atoms. The fourth-order valence-corrected chi connectivity index (χ4v) is 4.02. The van der Waals surface area contributed by atoms with Gasteiger partial charge in [0.25, 0.3) is 0 Å². The van der Waals surface area contributed by atoms with E-state index in [0.29, 0.717) is 12.0 Å². The van der Waals surface area contributed by atoms with Crippen molar-refractivity contribution in [3.63, 3.8) is 0 Å². The molecule has 3 atom stereocenters. The summed E-state index contributed by atoms with van der Waals surface area (Å²) in [6.45, 7) is 4.72. The zero-order valence-electron chi connectivity index (χ0n) is 13.2. The zero-order valence-corrected chi connectivity index (χ0v) is 13.2. The van der Waals surface area contributed by atoms with Crippen molar-refractivity contribution in [1.82, 2.24) is 5.32 Å². The second kappa shape index (κ2) is 6.47. The van der Waals surface area contributed by atoms with Crippen LogP contribution in [0.15, 0.2) is 24.3 Å². The van der Waals surface area contributed by atoms with Crippen molar-refractivity contribution in [2.75, 3.05) is 26.9 Å². The average Bonchev–Trinajstić information content (AvgIpc) is 2.96. The van der Waals surface area contributed by atoms with Crippen molar-refractivity contribution < 1.29 is 9.47 Å². The van der Waals surface area contributed by atoms with Crippen LogP contribution in [0.2, 0.25) is 0 Å². The van der Waals surface area contributed by atoms with Gasteiger partial charge in [-0.05, 0) is 43.4 Å². The number of ether oxygens (including phenoxy) is 2. The summed E-state index contributed by atoms with van der Waals surface area (Å²) in [5.74, 6) is 0.623. The molecule has 2 aliphatic rings. The van der Waals surface area contributed by atoms with E-state index >= 15 is 0 Å². The molecular weight excluding hydrogens is 262 g/mol. The van der Waals surface area contributed by atoms with E-state index < -0.39 is 0 Å². The van der Waals surface area contributed by atoms with Gasteiger partial charge in [-0.2, -0.15) is 0 Å². The summed E-state index contributed by atoms with van der Waals surface area (Å²) in [6, 6.07) is 9.26. The van der Waals surface area contributed by atoms with E-state index in [0.717, 1.165) is 45.5 Å². The molecule has 2 heterocycles. The summed E-state index contributed by atoms with van der Waals surface area (Å²) in [7, 11) is 2.09. The quantitative estimate of drug-likeness (QED) is 0.924. The largest absolute Gasteiger partial charge is 0.378 e. The molecule has 2 aliphatic heterocycles. The van der Waals surface area contributed by atoms with Crippen molar-refractivity contribution >= 4 is 0 Å². The van der Waals surface area contributed by atoms with Crippen molar-refractivity contribution in [3.05, 3.63) is 35.4 Å². The Kier molecular flexibility index (Phi) is 4.63. The highest BCUT2D eigenvalue weighted by Gasteiger charge is 2.43. The van der Waals surface area contributed by atoms with Crippen LogP contribution in [-0.2, 0) is 15.9 Å². The summed E-state index contributed by atoms with van der Waals surface area (Å²) in [5, 5.41) is 3.57. The van der Waals surface area contributed by atoms with Gasteiger partial charge >= 0.3 is 0 Å². The maximum absolute atomic E-state index is 6.09. The van der Waals surface area contributed by atoms with Crippen LogP contribution in [0.1, 0.15) is 43.4 Å².